The molecule has 0 unspecified atom stereocenters. The van der Waals surface area contributed by atoms with Crippen LogP contribution in [-0.4, -0.2) is 50.9 Å². The fraction of sp³-hybridized carbons (Fsp3) is 0.429. The van der Waals surface area contributed by atoms with Crippen molar-refractivity contribution in [3.63, 3.8) is 0 Å². The van der Waals surface area contributed by atoms with Crippen LogP contribution >= 0.6 is 0 Å². The van der Waals surface area contributed by atoms with Crippen LogP contribution in [0.1, 0.15) is 30.9 Å². The molecule has 1 aliphatic heterocycles. The van der Waals surface area contributed by atoms with E-state index in [2.05, 4.69) is 20.8 Å². The van der Waals surface area contributed by atoms with Crippen LogP contribution in [0.5, 0.6) is 5.75 Å². The van der Waals surface area contributed by atoms with Gasteiger partial charge >= 0.3 is 6.18 Å². The number of benzene rings is 1. The molecule has 1 aromatic carbocycles. The van der Waals surface area contributed by atoms with Gasteiger partial charge in [0, 0.05) is 40.9 Å². The van der Waals surface area contributed by atoms with Gasteiger partial charge in [-0.3, -0.25) is 4.79 Å². The molecule has 4 rings (SSSR count). The van der Waals surface area contributed by atoms with Crippen molar-refractivity contribution >= 4 is 17.2 Å². The van der Waals surface area contributed by atoms with E-state index in [-0.39, 0.29) is 22.6 Å². The highest BCUT2D eigenvalue weighted by Gasteiger charge is 2.65. The van der Waals surface area contributed by atoms with Crippen LogP contribution in [0.2, 0.25) is 0 Å². The number of carbonyl (C=O) groups excluding carboxylic acids is 1. The first-order chi connectivity index (χ1) is 15.5. The van der Waals surface area contributed by atoms with Crippen molar-refractivity contribution in [2.24, 2.45) is 5.92 Å². The molecule has 1 saturated heterocycles. The Morgan fingerprint density at radius 3 is 2.70 bits per heavy atom. The molecule has 4 atom stereocenters. The summed E-state index contributed by atoms with van der Waals surface area (Å²) in [5.41, 5.74) is -1.62. The molecule has 3 heterocycles. The smallest absolute Gasteiger partial charge is 0.417 e. The van der Waals surface area contributed by atoms with Gasteiger partial charge < -0.3 is 14.8 Å². The number of aromatic nitrogens is 4. The summed E-state index contributed by atoms with van der Waals surface area (Å²) in [5, 5.41) is 13.6. The molecule has 12 heteroatoms. The highest BCUT2D eigenvalue weighted by atomic mass is 19.4. The number of rotatable bonds is 4. The molecule has 0 radical (unpaired) electrons. The number of nitrogens with one attached hydrogen (secondary N) is 1. The molecular formula is C21H21F4N5O3. The predicted octanol–water partition coefficient (Wildman–Crippen LogP) is 3.66. The van der Waals surface area contributed by atoms with E-state index in [1.54, 1.807) is 0 Å². The van der Waals surface area contributed by atoms with Crippen molar-refractivity contribution in [2.45, 2.75) is 44.6 Å². The molecule has 3 aromatic rings. The number of amides is 1. The monoisotopic (exact) mass is 467 g/mol. The summed E-state index contributed by atoms with van der Waals surface area (Å²) in [6, 6.07) is 5.45. The Kier molecular flexibility index (Phi) is 5.51. The van der Waals surface area contributed by atoms with Gasteiger partial charge in [-0.1, -0.05) is 13.0 Å². The maximum atomic E-state index is 14.1. The molecule has 0 bridgehead atoms. The number of halogens is 4. The van der Waals surface area contributed by atoms with Gasteiger partial charge in [0.15, 0.2) is 11.2 Å². The van der Waals surface area contributed by atoms with Crippen molar-refractivity contribution in [2.75, 3.05) is 12.4 Å². The molecule has 1 N–H and O–H groups in total. The lowest BCUT2D eigenvalue weighted by Crippen LogP contribution is -2.47. The normalized spacial score (nSPS) is 25.4. The topological polar surface area (TPSA) is 90.6 Å². The Morgan fingerprint density at radius 1 is 1.30 bits per heavy atom. The summed E-state index contributed by atoms with van der Waals surface area (Å²) in [4.78, 5) is 13.2. The van der Waals surface area contributed by atoms with Crippen molar-refractivity contribution in [3.05, 3.63) is 47.4 Å². The standard InChI is InChI=1S/C21H21F4N5O3/c1-10-14(22)6-5-13(17(10)32-4)16-11(2)20(3,21(23,24)25)33-18(16)19(31)26-12-7-8-30-15(9-12)27-28-29-30/h5-9,11,16,18H,1-4H3,(H,26,31)/t11-,16-,18+,20+/m0/s1. The summed E-state index contributed by atoms with van der Waals surface area (Å²) < 4.78 is 68.4. The Bertz CT molecular complexity index is 1210. The molecular weight excluding hydrogens is 446 g/mol. The van der Waals surface area contributed by atoms with E-state index in [1.807, 2.05) is 0 Å². The number of hydrogen-bond acceptors (Lipinski definition) is 6. The number of methoxy groups -OCH3 is 1. The third-order valence-electron chi connectivity index (χ3n) is 6.33. The Labute approximate surface area is 185 Å². The van der Waals surface area contributed by atoms with Crippen molar-refractivity contribution in [1.82, 2.24) is 20.0 Å². The van der Waals surface area contributed by atoms with E-state index in [1.165, 1.54) is 49.9 Å². The first-order valence-corrected chi connectivity index (χ1v) is 10.0. The first-order valence-electron chi connectivity index (χ1n) is 10.0. The highest BCUT2D eigenvalue weighted by molar-refractivity contribution is 5.95. The largest absolute Gasteiger partial charge is 0.496 e. The minimum absolute atomic E-state index is 0.0793. The minimum atomic E-state index is -4.76. The SMILES string of the molecule is COc1c([C@H]2[C@H](C(=O)Nc3ccn4nnnc4c3)O[C@@](C)(C(F)(F)F)[C@H]2C)ccc(F)c1C. The van der Waals surface area contributed by atoms with Gasteiger partial charge in [-0.05, 0) is 36.4 Å². The van der Waals surface area contributed by atoms with Crippen molar-refractivity contribution < 1.29 is 31.8 Å². The van der Waals surface area contributed by atoms with Crippen molar-refractivity contribution in [1.29, 1.82) is 0 Å². The number of anilines is 1. The second-order valence-electron chi connectivity index (χ2n) is 8.14. The van der Waals surface area contributed by atoms with E-state index in [4.69, 9.17) is 9.47 Å². The summed E-state index contributed by atoms with van der Waals surface area (Å²) >= 11 is 0. The lowest BCUT2D eigenvalue weighted by molar-refractivity contribution is -0.272. The zero-order valence-electron chi connectivity index (χ0n) is 18.1. The third-order valence-corrected chi connectivity index (χ3v) is 6.33. The second-order valence-corrected chi connectivity index (χ2v) is 8.14. The van der Waals surface area contributed by atoms with Gasteiger partial charge in [0.2, 0.25) is 0 Å². The van der Waals surface area contributed by atoms with E-state index >= 15 is 0 Å². The van der Waals surface area contributed by atoms with Crippen molar-refractivity contribution in [3.8, 4) is 5.75 Å². The zero-order valence-corrected chi connectivity index (χ0v) is 18.1. The van der Waals surface area contributed by atoms with Gasteiger partial charge in [-0.15, -0.1) is 5.10 Å². The van der Waals surface area contributed by atoms with Crippen LogP contribution in [0.25, 0.3) is 5.65 Å². The van der Waals surface area contributed by atoms with Gasteiger partial charge in [-0.2, -0.15) is 13.2 Å². The lowest BCUT2D eigenvalue weighted by atomic mass is 9.76. The maximum absolute atomic E-state index is 14.1. The number of tetrazole rings is 1. The summed E-state index contributed by atoms with van der Waals surface area (Å²) in [6.45, 7) is 3.73. The van der Waals surface area contributed by atoms with E-state index in [0.717, 1.165) is 13.0 Å². The summed E-state index contributed by atoms with van der Waals surface area (Å²) in [6.07, 6.45) is -4.79. The fourth-order valence-electron chi connectivity index (χ4n) is 4.28. The molecule has 0 spiro atoms. The van der Waals surface area contributed by atoms with E-state index in [0.29, 0.717) is 5.65 Å². The fourth-order valence-corrected chi connectivity index (χ4v) is 4.28. The second kappa shape index (κ2) is 7.94. The quantitative estimate of drug-likeness (QED) is 0.589. The van der Waals surface area contributed by atoms with E-state index < -0.39 is 41.4 Å². The van der Waals surface area contributed by atoms with Gasteiger partial charge in [0.1, 0.15) is 17.7 Å². The van der Waals surface area contributed by atoms with Crippen LogP contribution in [0.4, 0.5) is 23.2 Å². The Hall–Kier alpha value is -3.28. The first kappa shape index (κ1) is 22.9. The number of hydrogen-bond donors (Lipinski definition) is 1. The predicted molar refractivity (Wildman–Crippen MR) is 108 cm³/mol. The average Bonchev–Trinajstić information content (AvgIpc) is 3.32. The van der Waals surface area contributed by atoms with Crippen LogP contribution in [0, 0.1) is 18.7 Å². The molecule has 8 nitrogen and oxygen atoms in total. The van der Waals surface area contributed by atoms with E-state index in [9.17, 15) is 22.4 Å². The maximum Gasteiger partial charge on any atom is 0.417 e. The highest BCUT2D eigenvalue weighted by Crippen LogP contribution is 2.55. The van der Waals surface area contributed by atoms with Crippen LogP contribution < -0.4 is 10.1 Å². The Morgan fingerprint density at radius 2 is 2.03 bits per heavy atom. The number of ether oxygens (including phenoxy) is 2. The molecule has 0 saturated carbocycles. The van der Waals surface area contributed by atoms with Gasteiger partial charge in [0.05, 0.1) is 7.11 Å². The minimum Gasteiger partial charge on any atom is -0.496 e. The van der Waals surface area contributed by atoms with Gasteiger partial charge in [0.25, 0.3) is 5.91 Å². The molecule has 33 heavy (non-hydrogen) atoms. The molecule has 1 amide bonds. The third kappa shape index (κ3) is 3.67. The average molecular weight is 467 g/mol. The lowest BCUT2D eigenvalue weighted by Gasteiger charge is -2.32. The number of pyridine rings is 1. The molecule has 1 aliphatic rings. The van der Waals surface area contributed by atoms with Crippen LogP contribution in [-0.2, 0) is 9.53 Å². The number of alkyl halides is 3. The summed E-state index contributed by atoms with van der Waals surface area (Å²) in [5.74, 6) is -3.53. The van der Waals surface area contributed by atoms with Gasteiger partial charge in [-0.25, -0.2) is 8.91 Å². The molecule has 2 aromatic heterocycles. The Balaban J connectivity index is 1.76. The molecule has 176 valence electrons. The molecule has 1 fully saturated rings. The molecule has 0 aliphatic carbocycles. The van der Waals surface area contributed by atoms with Crippen LogP contribution in [0.3, 0.4) is 0 Å². The number of fused-ring (bicyclic) bond motifs is 1. The number of carbonyl (C=O) groups is 1. The van der Waals surface area contributed by atoms with Crippen LogP contribution in [0.15, 0.2) is 30.5 Å². The zero-order chi connectivity index (χ0) is 24.1. The number of nitrogens with zero attached hydrogens (tertiary/aromatic N) is 4. The summed E-state index contributed by atoms with van der Waals surface area (Å²) in [7, 11) is 1.30.